The summed E-state index contributed by atoms with van der Waals surface area (Å²) < 4.78 is 7.39. The Balaban J connectivity index is 1.42. The molecule has 7 heteroatoms. The minimum Gasteiger partial charge on any atom is -0.381 e. The second kappa shape index (κ2) is 6.87. The number of imidazole rings is 1. The van der Waals surface area contributed by atoms with E-state index in [2.05, 4.69) is 19.8 Å². The van der Waals surface area contributed by atoms with Crippen molar-refractivity contribution in [3.05, 3.63) is 29.8 Å². The van der Waals surface area contributed by atoms with Crippen LogP contribution in [0.15, 0.2) is 18.5 Å². The summed E-state index contributed by atoms with van der Waals surface area (Å²) in [5.41, 5.74) is 1.43. The van der Waals surface area contributed by atoms with Gasteiger partial charge in [-0.1, -0.05) is 0 Å². The SMILES string of the molecule is Cc1nc2ncccn2c1C(=O)N1C[C@H]2CC[C@@H]1CN(C1CCOCC1)C2. The van der Waals surface area contributed by atoms with Crippen LogP contribution in [0.4, 0.5) is 0 Å². The lowest BCUT2D eigenvalue weighted by Crippen LogP contribution is -2.49. The van der Waals surface area contributed by atoms with Crippen molar-refractivity contribution in [1.82, 2.24) is 24.2 Å². The molecule has 0 radical (unpaired) electrons. The van der Waals surface area contributed by atoms with Gasteiger partial charge in [0.05, 0.1) is 5.69 Å². The molecule has 4 aliphatic rings. The molecule has 6 rings (SSSR count). The number of aryl methyl sites for hydroxylation is 1. The zero-order valence-corrected chi connectivity index (χ0v) is 15.9. The van der Waals surface area contributed by atoms with E-state index in [1.54, 1.807) is 6.20 Å². The molecule has 1 amide bonds. The van der Waals surface area contributed by atoms with Crippen LogP contribution < -0.4 is 0 Å². The first-order valence-electron chi connectivity index (χ1n) is 10.1. The van der Waals surface area contributed by atoms with Crippen LogP contribution in [-0.2, 0) is 4.74 Å². The van der Waals surface area contributed by atoms with Crippen LogP contribution in [0.3, 0.4) is 0 Å². The average molecular weight is 369 g/mol. The van der Waals surface area contributed by atoms with Gasteiger partial charge in [0.25, 0.3) is 5.91 Å². The van der Waals surface area contributed by atoms with E-state index in [1.807, 2.05) is 23.6 Å². The Kier molecular flexibility index (Phi) is 4.36. The van der Waals surface area contributed by atoms with E-state index in [4.69, 9.17) is 4.74 Å². The summed E-state index contributed by atoms with van der Waals surface area (Å²) in [7, 11) is 0. The second-order valence-corrected chi connectivity index (χ2v) is 8.19. The van der Waals surface area contributed by atoms with Gasteiger partial charge in [-0.25, -0.2) is 9.97 Å². The lowest BCUT2D eigenvalue weighted by Gasteiger charge is -2.37. The summed E-state index contributed by atoms with van der Waals surface area (Å²) in [6.45, 7) is 6.60. The molecule has 4 aliphatic heterocycles. The molecule has 2 aromatic heterocycles. The largest absolute Gasteiger partial charge is 0.381 e. The molecule has 2 atom stereocenters. The fraction of sp³-hybridized carbons (Fsp3) is 0.650. The molecule has 4 fully saturated rings. The Morgan fingerprint density at radius 3 is 2.81 bits per heavy atom. The van der Waals surface area contributed by atoms with E-state index in [9.17, 15) is 4.79 Å². The number of hydrogen-bond acceptors (Lipinski definition) is 5. The van der Waals surface area contributed by atoms with Crippen molar-refractivity contribution in [2.24, 2.45) is 5.92 Å². The lowest BCUT2D eigenvalue weighted by molar-refractivity contribution is 0.0304. The number of ether oxygens (including phenoxy) is 1. The molecule has 0 aliphatic carbocycles. The molecule has 0 aromatic carbocycles. The number of aromatic nitrogens is 3. The van der Waals surface area contributed by atoms with Gasteiger partial charge in [-0.05, 0) is 44.6 Å². The van der Waals surface area contributed by atoms with Crippen LogP contribution >= 0.6 is 0 Å². The van der Waals surface area contributed by atoms with E-state index in [0.717, 1.165) is 57.8 Å². The van der Waals surface area contributed by atoms with Crippen molar-refractivity contribution in [2.45, 2.75) is 44.7 Å². The van der Waals surface area contributed by atoms with Crippen LogP contribution in [0.2, 0.25) is 0 Å². The molecule has 0 unspecified atom stereocenters. The van der Waals surface area contributed by atoms with E-state index in [1.165, 1.54) is 6.42 Å². The molecule has 0 saturated carbocycles. The minimum atomic E-state index is 0.108. The minimum absolute atomic E-state index is 0.108. The Morgan fingerprint density at radius 1 is 1.11 bits per heavy atom. The standard InChI is InChI=1S/C20H27N5O2/c1-14-18(24-8-2-7-21-20(24)22-14)19(26)25-12-15-3-4-17(25)13-23(11-15)16-5-9-27-10-6-16/h2,7-8,15-17H,3-6,9-13H2,1H3/t15-,17+/m0/s1. The number of nitrogens with zero attached hydrogens (tertiary/aromatic N) is 5. The zero-order chi connectivity index (χ0) is 18.4. The van der Waals surface area contributed by atoms with Crippen LogP contribution in [0.1, 0.15) is 41.9 Å². The van der Waals surface area contributed by atoms with Crippen molar-refractivity contribution in [1.29, 1.82) is 0 Å². The third kappa shape index (κ3) is 3.02. The van der Waals surface area contributed by atoms with Crippen molar-refractivity contribution in [2.75, 3.05) is 32.8 Å². The van der Waals surface area contributed by atoms with Crippen LogP contribution in [0, 0.1) is 12.8 Å². The van der Waals surface area contributed by atoms with Crippen LogP contribution in [-0.4, -0.2) is 75.0 Å². The molecule has 6 heterocycles. The van der Waals surface area contributed by atoms with Gasteiger partial charge < -0.3 is 9.64 Å². The molecule has 0 spiro atoms. The average Bonchev–Trinajstić information content (AvgIpc) is 2.84. The summed E-state index contributed by atoms with van der Waals surface area (Å²) in [5.74, 6) is 1.27. The highest BCUT2D eigenvalue weighted by atomic mass is 16.5. The van der Waals surface area contributed by atoms with E-state index in [-0.39, 0.29) is 5.91 Å². The third-order valence-electron chi connectivity index (χ3n) is 6.49. The first-order chi connectivity index (χ1) is 13.2. The van der Waals surface area contributed by atoms with Gasteiger partial charge in [0, 0.05) is 57.3 Å². The molecular formula is C20H27N5O2. The second-order valence-electron chi connectivity index (χ2n) is 8.19. The number of rotatable bonds is 2. The van der Waals surface area contributed by atoms with Crippen molar-refractivity contribution >= 4 is 11.7 Å². The van der Waals surface area contributed by atoms with Gasteiger partial charge >= 0.3 is 0 Å². The Morgan fingerprint density at radius 2 is 1.96 bits per heavy atom. The molecule has 2 aromatic rings. The van der Waals surface area contributed by atoms with Gasteiger partial charge in [-0.15, -0.1) is 0 Å². The Labute approximate surface area is 159 Å². The van der Waals surface area contributed by atoms with Gasteiger partial charge in [-0.3, -0.25) is 14.1 Å². The summed E-state index contributed by atoms with van der Waals surface area (Å²) >= 11 is 0. The molecule has 0 N–H and O–H groups in total. The fourth-order valence-corrected chi connectivity index (χ4v) is 5.11. The molecule has 27 heavy (non-hydrogen) atoms. The topological polar surface area (TPSA) is 63.0 Å². The van der Waals surface area contributed by atoms with Crippen molar-refractivity contribution in [3.63, 3.8) is 0 Å². The fourth-order valence-electron chi connectivity index (χ4n) is 5.11. The van der Waals surface area contributed by atoms with Crippen molar-refractivity contribution in [3.8, 4) is 0 Å². The Hall–Kier alpha value is -1.99. The number of carbonyl (C=O) groups is 1. The summed E-state index contributed by atoms with van der Waals surface area (Å²) in [4.78, 5) is 27.1. The number of hydrogen-bond donors (Lipinski definition) is 0. The number of carbonyl (C=O) groups excluding carboxylic acids is 1. The van der Waals surface area contributed by atoms with E-state index < -0.39 is 0 Å². The quantitative estimate of drug-likeness (QED) is 0.807. The van der Waals surface area contributed by atoms with E-state index >= 15 is 0 Å². The van der Waals surface area contributed by atoms with E-state index in [0.29, 0.717) is 29.5 Å². The van der Waals surface area contributed by atoms with Gasteiger partial charge in [-0.2, -0.15) is 0 Å². The molecule has 4 saturated heterocycles. The predicted octanol–water partition coefficient (Wildman–Crippen LogP) is 1.75. The highest BCUT2D eigenvalue weighted by Gasteiger charge is 2.40. The number of amides is 1. The zero-order valence-electron chi connectivity index (χ0n) is 15.9. The van der Waals surface area contributed by atoms with Crippen LogP contribution in [0.5, 0.6) is 0 Å². The number of piperidine rings is 1. The third-order valence-corrected chi connectivity index (χ3v) is 6.49. The highest BCUT2D eigenvalue weighted by Crippen LogP contribution is 2.32. The first kappa shape index (κ1) is 17.1. The molecule has 7 nitrogen and oxygen atoms in total. The summed E-state index contributed by atoms with van der Waals surface area (Å²) in [5, 5.41) is 0. The molecular weight excluding hydrogens is 342 g/mol. The lowest BCUT2D eigenvalue weighted by atomic mass is 9.94. The molecule has 144 valence electrons. The maximum Gasteiger partial charge on any atom is 0.273 e. The predicted molar refractivity (Wildman–Crippen MR) is 101 cm³/mol. The summed E-state index contributed by atoms with van der Waals surface area (Å²) in [6, 6.07) is 2.76. The summed E-state index contributed by atoms with van der Waals surface area (Å²) in [6.07, 6.45) is 8.17. The molecule has 2 bridgehead atoms. The van der Waals surface area contributed by atoms with Crippen molar-refractivity contribution < 1.29 is 9.53 Å². The maximum absolute atomic E-state index is 13.5. The van der Waals surface area contributed by atoms with Gasteiger partial charge in [0.15, 0.2) is 0 Å². The van der Waals surface area contributed by atoms with Crippen LogP contribution in [0.25, 0.3) is 5.78 Å². The normalized spacial score (nSPS) is 27.2. The monoisotopic (exact) mass is 369 g/mol. The van der Waals surface area contributed by atoms with Gasteiger partial charge in [0.2, 0.25) is 5.78 Å². The first-order valence-corrected chi connectivity index (χ1v) is 10.1. The smallest absolute Gasteiger partial charge is 0.273 e. The number of fused-ring (bicyclic) bond motifs is 5. The van der Waals surface area contributed by atoms with Gasteiger partial charge in [0.1, 0.15) is 5.69 Å². The Bertz CT molecular complexity index is 844. The maximum atomic E-state index is 13.5. The highest BCUT2D eigenvalue weighted by molar-refractivity contribution is 5.94.